The van der Waals surface area contributed by atoms with Crippen molar-refractivity contribution >= 4 is 11.6 Å². The van der Waals surface area contributed by atoms with Crippen molar-refractivity contribution in [3.05, 3.63) is 28.8 Å². The minimum Gasteiger partial charge on any atom is -0.488 e. The molecule has 19 heavy (non-hydrogen) atoms. The summed E-state index contributed by atoms with van der Waals surface area (Å²) < 4.78 is 5.93. The molecule has 4 nitrogen and oxygen atoms in total. The molecule has 0 radical (unpaired) electrons. The van der Waals surface area contributed by atoms with Crippen molar-refractivity contribution in [3.8, 4) is 11.8 Å². The summed E-state index contributed by atoms with van der Waals surface area (Å²) in [5.41, 5.74) is 1.17. The Hall–Kier alpha value is -1.28. The molecule has 1 fully saturated rings. The molecule has 2 unspecified atom stereocenters. The molecule has 2 aliphatic rings. The van der Waals surface area contributed by atoms with Crippen LogP contribution in [0.5, 0.6) is 5.75 Å². The van der Waals surface area contributed by atoms with E-state index in [-0.39, 0.29) is 12.1 Å². The fourth-order valence-electron chi connectivity index (χ4n) is 2.74. The maximum absolute atomic E-state index is 9.16. The van der Waals surface area contributed by atoms with Gasteiger partial charge in [-0.15, -0.1) is 0 Å². The van der Waals surface area contributed by atoms with Gasteiger partial charge in [0.2, 0.25) is 0 Å². The molecule has 1 aromatic rings. The molecule has 0 aromatic heterocycles. The number of nitrogens with one attached hydrogen (secondary N) is 1. The second-order valence-electron chi connectivity index (χ2n) is 5.04. The standard InChI is InChI=1S/C14H16ClN3O/c15-11-1-2-14-10(5-11)6-13(19-14)9-18-4-3-17-8-12(18)7-16/h1-2,5,12-13,17H,3-4,6,8-9H2. The van der Waals surface area contributed by atoms with Gasteiger partial charge in [-0.3, -0.25) is 4.90 Å². The van der Waals surface area contributed by atoms with E-state index in [0.29, 0.717) is 0 Å². The first-order chi connectivity index (χ1) is 9.26. The summed E-state index contributed by atoms with van der Waals surface area (Å²) in [7, 11) is 0. The number of nitriles is 1. The summed E-state index contributed by atoms with van der Waals surface area (Å²) in [6.45, 7) is 3.37. The molecule has 3 rings (SSSR count). The highest BCUT2D eigenvalue weighted by atomic mass is 35.5. The van der Waals surface area contributed by atoms with E-state index < -0.39 is 0 Å². The first-order valence-electron chi connectivity index (χ1n) is 6.56. The first-order valence-corrected chi connectivity index (χ1v) is 6.93. The molecular formula is C14H16ClN3O. The zero-order valence-electron chi connectivity index (χ0n) is 10.6. The lowest BCUT2D eigenvalue weighted by molar-refractivity contribution is 0.118. The minimum absolute atomic E-state index is 0.0512. The molecule has 2 heterocycles. The quantitative estimate of drug-likeness (QED) is 0.889. The minimum atomic E-state index is -0.0512. The highest BCUT2D eigenvalue weighted by Gasteiger charge is 2.29. The fraction of sp³-hybridized carbons (Fsp3) is 0.500. The second kappa shape index (κ2) is 5.38. The number of halogens is 1. The highest BCUT2D eigenvalue weighted by molar-refractivity contribution is 6.30. The van der Waals surface area contributed by atoms with Gasteiger partial charge in [0.15, 0.2) is 0 Å². The largest absolute Gasteiger partial charge is 0.488 e. The SMILES string of the molecule is N#CC1CNCCN1CC1Cc2cc(Cl)ccc2O1. The lowest BCUT2D eigenvalue weighted by atomic mass is 10.1. The number of ether oxygens (including phenoxy) is 1. The van der Waals surface area contributed by atoms with Crippen LogP contribution in [0.25, 0.3) is 0 Å². The van der Waals surface area contributed by atoms with E-state index in [9.17, 15) is 0 Å². The number of hydrogen-bond acceptors (Lipinski definition) is 4. The van der Waals surface area contributed by atoms with E-state index in [4.69, 9.17) is 21.6 Å². The Morgan fingerprint density at radius 2 is 2.42 bits per heavy atom. The third-order valence-electron chi connectivity index (χ3n) is 3.71. The summed E-state index contributed by atoms with van der Waals surface area (Å²) in [4.78, 5) is 2.20. The number of fused-ring (bicyclic) bond motifs is 1. The van der Waals surface area contributed by atoms with Crippen molar-refractivity contribution < 1.29 is 4.74 Å². The van der Waals surface area contributed by atoms with Crippen LogP contribution < -0.4 is 10.1 Å². The molecule has 100 valence electrons. The Morgan fingerprint density at radius 3 is 3.26 bits per heavy atom. The predicted molar refractivity (Wildman–Crippen MR) is 73.4 cm³/mol. The molecule has 1 saturated heterocycles. The van der Waals surface area contributed by atoms with Crippen LogP contribution in [-0.4, -0.2) is 43.2 Å². The van der Waals surface area contributed by atoms with Crippen LogP contribution >= 0.6 is 11.6 Å². The molecule has 0 saturated carbocycles. The van der Waals surface area contributed by atoms with Gasteiger partial charge in [-0.2, -0.15) is 5.26 Å². The van der Waals surface area contributed by atoms with Crippen molar-refractivity contribution in [2.45, 2.75) is 18.6 Å². The summed E-state index contributed by atoms with van der Waals surface area (Å²) in [5, 5.41) is 13.1. The van der Waals surface area contributed by atoms with Gasteiger partial charge in [0.25, 0.3) is 0 Å². The zero-order chi connectivity index (χ0) is 13.2. The van der Waals surface area contributed by atoms with Crippen molar-refractivity contribution in [1.29, 1.82) is 5.26 Å². The lowest BCUT2D eigenvalue weighted by Gasteiger charge is -2.33. The first kappa shape index (κ1) is 12.7. The lowest BCUT2D eigenvalue weighted by Crippen LogP contribution is -2.53. The summed E-state index contributed by atoms with van der Waals surface area (Å²) in [6, 6.07) is 8.04. The molecule has 2 aliphatic heterocycles. The van der Waals surface area contributed by atoms with Crippen LogP contribution in [-0.2, 0) is 6.42 Å². The second-order valence-corrected chi connectivity index (χ2v) is 5.48. The van der Waals surface area contributed by atoms with Crippen LogP contribution in [0.4, 0.5) is 0 Å². The van der Waals surface area contributed by atoms with Gasteiger partial charge in [-0.25, -0.2) is 0 Å². The van der Waals surface area contributed by atoms with E-state index >= 15 is 0 Å². The molecule has 0 amide bonds. The van der Waals surface area contributed by atoms with Gasteiger partial charge in [-0.05, 0) is 23.8 Å². The summed E-state index contributed by atoms with van der Waals surface area (Å²) in [6.07, 6.45) is 1.00. The van der Waals surface area contributed by atoms with Crippen LogP contribution in [0.2, 0.25) is 5.02 Å². The van der Waals surface area contributed by atoms with Crippen LogP contribution in [0.3, 0.4) is 0 Å². The van der Waals surface area contributed by atoms with Gasteiger partial charge in [0, 0.05) is 37.6 Å². The Morgan fingerprint density at radius 1 is 1.53 bits per heavy atom. The van der Waals surface area contributed by atoms with Crippen LogP contribution in [0, 0.1) is 11.3 Å². The topological polar surface area (TPSA) is 48.3 Å². The van der Waals surface area contributed by atoms with E-state index in [1.807, 2.05) is 18.2 Å². The summed E-state index contributed by atoms with van der Waals surface area (Å²) >= 11 is 5.99. The summed E-state index contributed by atoms with van der Waals surface area (Å²) in [5.74, 6) is 0.929. The van der Waals surface area contributed by atoms with Gasteiger partial charge >= 0.3 is 0 Å². The molecule has 5 heteroatoms. The zero-order valence-corrected chi connectivity index (χ0v) is 11.4. The average Bonchev–Trinajstić information content (AvgIpc) is 2.80. The van der Waals surface area contributed by atoms with Gasteiger partial charge < -0.3 is 10.1 Å². The van der Waals surface area contributed by atoms with Gasteiger partial charge in [-0.1, -0.05) is 11.6 Å². The van der Waals surface area contributed by atoms with Gasteiger partial charge in [0.05, 0.1) is 6.07 Å². The monoisotopic (exact) mass is 277 g/mol. The van der Waals surface area contributed by atoms with Crippen molar-refractivity contribution in [2.75, 3.05) is 26.2 Å². The van der Waals surface area contributed by atoms with Gasteiger partial charge in [0.1, 0.15) is 17.9 Å². The van der Waals surface area contributed by atoms with Crippen molar-refractivity contribution in [3.63, 3.8) is 0 Å². The van der Waals surface area contributed by atoms with E-state index in [1.165, 1.54) is 5.56 Å². The average molecular weight is 278 g/mol. The molecular weight excluding hydrogens is 262 g/mol. The third kappa shape index (κ3) is 2.69. The molecule has 0 aliphatic carbocycles. The Labute approximate surface area is 117 Å². The molecule has 0 spiro atoms. The maximum Gasteiger partial charge on any atom is 0.123 e. The van der Waals surface area contributed by atoms with E-state index in [0.717, 1.165) is 43.4 Å². The Kier molecular flexibility index (Phi) is 3.61. The maximum atomic E-state index is 9.16. The number of piperazine rings is 1. The normalized spacial score (nSPS) is 26.5. The number of rotatable bonds is 2. The van der Waals surface area contributed by atoms with E-state index in [1.54, 1.807) is 0 Å². The number of nitrogens with zero attached hydrogens (tertiary/aromatic N) is 2. The van der Waals surface area contributed by atoms with E-state index in [2.05, 4.69) is 16.3 Å². The fourth-order valence-corrected chi connectivity index (χ4v) is 2.94. The Bertz CT molecular complexity index is 514. The molecule has 0 bridgehead atoms. The highest BCUT2D eigenvalue weighted by Crippen LogP contribution is 2.31. The van der Waals surface area contributed by atoms with Crippen molar-refractivity contribution in [1.82, 2.24) is 10.2 Å². The Balaban J connectivity index is 1.65. The molecule has 2 atom stereocenters. The smallest absolute Gasteiger partial charge is 0.123 e. The molecule has 1 aromatic carbocycles. The van der Waals surface area contributed by atoms with Crippen LogP contribution in [0.1, 0.15) is 5.56 Å². The van der Waals surface area contributed by atoms with Crippen LogP contribution in [0.15, 0.2) is 18.2 Å². The third-order valence-corrected chi connectivity index (χ3v) is 3.94. The van der Waals surface area contributed by atoms with Crippen molar-refractivity contribution in [2.24, 2.45) is 0 Å². The molecule has 1 N–H and O–H groups in total. The predicted octanol–water partition coefficient (Wildman–Crippen LogP) is 1.44. The number of hydrogen-bond donors (Lipinski definition) is 1. The number of benzene rings is 1.